The van der Waals surface area contributed by atoms with Gasteiger partial charge in [-0.25, -0.2) is 0 Å². The molecule has 2 aromatic carbocycles. The molecule has 0 heterocycles. The summed E-state index contributed by atoms with van der Waals surface area (Å²) in [5.41, 5.74) is 7.69. The lowest BCUT2D eigenvalue weighted by Crippen LogP contribution is -2.58. The van der Waals surface area contributed by atoms with Crippen LogP contribution in [0.25, 0.3) is 0 Å². The van der Waals surface area contributed by atoms with Gasteiger partial charge in [-0.2, -0.15) is 0 Å². The van der Waals surface area contributed by atoms with Gasteiger partial charge in [0, 0.05) is 25.0 Å². The minimum atomic E-state index is -4.88. The van der Waals surface area contributed by atoms with E-state index >= 15 is 0 Å². The van der Waals surface area contributed by atoms with Crippen LogP contribution < -0.4 is 31.7 Å². The molecular formula is C36H52F3N5O5. The van der Waals surface area contributed by atoms with Crippen LogP contribution in [0.15, 0.2) is 54.6 Å². The van der Waals surface area contributed by atoms with E-state index in [1.807, 2.05) is 44.2 Å². The highest BCUT2D eigenvalue weighted by atomic mass is 19.4. The van der Waals surface area contributed by atoms with Gasteiger partial charge in [-0.15, -0.1) is 13.2 Å². The van der Waals surface area contributed by atoms with Crippen molar-refractivity contribution < 1.29 is 37.1 Å². The zero-order valence-electron chi connectivity index (χ0n) is 29.2. The number of nitrogens with one attached hydrogen (secondary N) is 4. The van der Waals surface area contributed by atoms with Crippen molar-refractivity contribution in [3.8, 4) is 5.75 Å². The van der Waals surface area contributed by atoms with E-state index in [1.54, 1.807) is 13.8 Å². The third-order valence-corrected chi connectivity index (χ3v) is 8.16. The van der Waals surface area contributed by atoms with Crippen LogP contribution in [0.5, 0.6) is 5.75 Å². The molecule has 2 rings (SSSR count). The van der Waals surface area contributed by atoms with E-state index < -0.39 is 54.0 Å². The molecule has 0 aliphatic heterocycles. The van der Waals surface area contributed by atoms with Crippen LogP contribution in [0, 0.1) is 17.8 Å². The number of carbonyl (C=O) groups is 4. The highest BCUT2D eigenvalue weighted by Crippen LogP contribution is 2.23. The van der Waals surface area contributed by atoms with Crippen molar-refractivity contribution in [3.05, 3.63) is 65.7 Å². The summed E-state index contributed by atoms with van der Waals surface area (Å²) in [6.07, 6.45) is -3.59. The van der Waals surface area contributed by atoms with E-state index in [0.717, 1.165) is 24.1 Å². The summed E-state index contributed by atoms with van der Waals surface area (Å²) in [6, 6.07) is 11.0. The van der Waals surface area contributed by atoms with E-state index in [0.29, 0.717) is 18.9 Å². The Morgan fingerprint density at radius 2 is 1.45 bits per heavy atom. The Kier molecular flexibility index (Phi) is 16.6. The fourth-order valence-electron chi connectivity index (χ4n) is 5.13. The quantitative estimate of drug-likeness (QED) is 0.147. The molecule has 0 spiro atoms. The van der Waals surface area contributed by atoms with Crippen LogP contribution in [0.3, 0.4) is 0 Å². The molecule has 0 aliphatic carbocycles. The highest BCUT2D eigenvalue weighted by molar-refractivity contribution is 5.89. The third-order valence-electron chi connectivity index (χ3n) is 8.16. The largest absolute Gasteiger partial charge is 0.573 e. The molecule has 272 valence electrons. The van der Waals surface area contributed by atoms with Gasteiger partial charge in [-0.05, 0) is 53.9 Å². The number of amides is 4. The first-order chi connectivity index (χ1) is 23.0. The smallest absolute Gasteiger partial charge is 0.406 e. The van der Waals surface area contributed by atoms with Crippen molar-refractivity contribution in [1.29, 1.82) is 0 Å². The second kappa shape index (κ2) is 19.8. The van der Waals surface area contributed by atoms with E-state index in [2.05, 4.69) is 39.9 Å². The Morgan fingerprint density at radius 1 is 0.816 bits per heavy atom. The second-order valence-electron chi connectivity index (χ2n) is 13.2. The molecule has 49 heavy (non-hydrogen) atoms. The fraction of sp³-hybridized carbons (Fsp3) is 0.556. The van der Waals surface area contributed by atoms with Crippen LogP contribution in [0.4, 0.5) is 13.2 Å². The number of nitrogens with two attached hydrogens (primary N) is 1. The molecule has 1 unspecified atom stereocenters. The summed E-state index contributed by atoms with van der Waals surface area (Å²) in [6.45, 7) is 11.9. The van der Waals surface area contributed by atoms with Crippen molar-refractivity contribution >= 4 is 23.6 Å². The zero-order valence-corrected chi connectivity index (χ0v) is 29.2. The molecule has 10 nitrogen and oxygen atoms in total. The van der Waals surface area contributed by atoms with Gasteiger partial charge < -0.3 is 31.7 Å². The number of carbonyl (C=O) groups excluding carboxylic acids is 4. The summed E-state index contributed by atoms with van der Waals surface area (Å²) in [5, 5.41) is 11.4. The van der Waals surface area contributed by atoms with Crippen LogP contribution in [-0.4, -0.2) is 60.7 Å². The monoisotopic (exact) mass is 691 g/mol. The van der Waals surface area contributed by atoms with Gasteiger partial charge in [0.15, 0.2) is 0 Å². The molecule has 0 saturated carbocycles. The van der Waals surface area contributed by atoms with Crippen LogP contribution in [-0.2, 0) is 32.0 Å². The Hall–Kier alpha value is -4.13. The minimum absolute atomic E-state index is 0.130. The van der Waals surface area contributed by atoms with Gasteiger partial charge in [0.1, 0.15) is 17.8 Å². The highest BCUT2D eigenvalue weighted by Gasteiger charge is 2.33. The van der Waals surface area contributed by atoms with Gasteiger partial charge >= 0.3 is 6.36 Å². The van der Waals surface area contributed by atoms with Crippen LogP contribution >= 0.6 is 0 Å². The zero-order chi connectivity index (χ0) is 36.7. The SMILES string of the molecule is CC[C@H](C)[C@H](NC(=O)C[C@H](N)[C@H](Cc1ccccc1)NC(=O)C(NC(=O)Cc1cccc(OC(F)(F)F)c1)C(C)C)C(=O)NCCC(C)C. The molecule has 0 saturated heterocycles. The van der Waals surface area contributed by atoms with Gasteiger partial charge in [-0.1, -0.05) is 90.4 Å². The average molecular weight is 692 g/mol. The molecule has 2 aromatic rings. The Morgan fingerprint density at radius 3 is 2.04 bits per heavy atom. The second-order valence-corrected chi connectivity index (χ2v) is 13.2. The first kappa shape index (κ1) is 41.0. The predicted molar refractivity (Wildman–Crippen MR) is 182 cm³/mol. The maximum absolute atomic E-state index is 13.6. The lowest BCUT2D eigenvalue weighted by Gasteiger charge is -2.30. The first-order valence-electron chi connectivity index (χ1n) is 16.8. The number of alkyl halides is 3. The number of hydrogen-bond acceptors (Lipinski definition) is 6. The molecule has 0 aliphatic rings. The summed E-state index contributed by atoms with van der Waals surface area (Å²) in [7, 11) is 0. The summed E-state index contributed by atoms with van der Waals surface area (Å²) < 4.78 is 41.9. The molecular weight excluding hydrogens is 639 g/mol. The van der Waals surface area contributed by atoms with Gasteiger partial charge in [-0.3, -0.25) is 19.2 Å². The molecule has 13 heteroatoms. The summed E-state index contributed by atoms with van der Waals surface area (Å²) in [5.74, 6) is -2.36. The lowest BCUT2D eigenvalue weighted by molar-refractivity contribution is -0.274. The molecule has 0 bridgehead atoms. The van der Waals surface area contributed by atoms with Gasteiger partial charge in [0.25, 0.3) is 0 Å². The topological polar surface area (TPSA) is 152 Å². The van der Waals surface area contributed by atoms with Gasteiger partial charge in [0.05, 0.1) is 6.42 Å². The number of halogens is 3. The first-order valence-corrected chi connectivity index (χ1v) is 16.8. The normalized spacial score (nSPS) is 14.7. The standard InChI is InChI=1S/C36H52F3N5O5/c1-7-24(6)33(34(47)41-17-16-22(2)3)44-31(46)21-28(40)29(19-25-12-9-8-10-13-25)42-35(48)32(23(4)5)43-30(45)20-26-14-11-15-27(18-26)49-36(37,38)39/h8-15,18,22-24,28-29,32-33H,7,16-17,19-21,40H2,1-6H3,(H,41,47)(H,42,48)(H,43,45)(H,44,46)/t24-,28-,29-,32?,33-/m0/s1. The number of hydrogen-bond donors (Lipinski definition) is 5. The maximum Gasteiger partial charge on any atom is 0.573 e. The Labute approximate surface area is 287 Å². The maximum atomic E-state index is 13.6. The molecule has 4 amide bonds. The van der Waals surface area contributed by atoms with Gasteiger partial charge in [0.2, 0.25) is 23.6 Å². The van der Waals surface area contributed by atoms with Crippen molar-refractivity contribution in [2.24, 2.45) is 23.5 Å². The van der Waals surface area contributed by atoms with Crippen molar-refractivity contribution in [3.63, 3.8) is 0 Å². The third kappa shape index (κ3) is 15.3. The number of rotatable bonds is 19. The molecule has 0 fully saturated rings. The Bertz CT molecular complexity index is 1360. The molecule has 0 radical (unpaired) electrons. The molecule has 6 N–H and O–H groups in total. The van der Waals surface area contributed by atoms with Crippen LogP contribution in [0.1, 0.15) is 71.9 Å². The van der Waals surface area contributed by atoms with Crippen molar-refractivity contribution in [1.82, 2.24) is 21.3 Å². The fourth-order valence-corrected chi connectivity index (χ4v) is 5.13. The predicted octanol–water partition coefficient (Wildman–Crippen LogP) is 4.41. The molecule has 5 atom stereocenters. The summed E-state index contributed by atoms with van der Waals surface area (Å²) >= 11 is 0. The van der Waals surface area contributed by atoms with Crippen molar-refractivity contribution in [2.75, 3.05) is 6.54 Å². The van der Waals surface area contributed by atoms with Crippen molar-refractivity contribution in [2.45, 2.75) is 104 Å². The Balaban J connectivity index is 2.17. The van der Waals surface area contributed by atoms with Crippen LogP contribution in [0.2, 0.25) is 0 Å². The molecule has 0 aromatic heterocycles. The summed E-state index contributed by atoms with van der Waals surface area (Å²) in [4.78, 5) is 52.8. The minimum Gasteiger partial charge on any atom is -0.406 e. The average Bonchev–Trinajstić information content (AvgIpc) is 3.01. The number of benzene rings is 2. The van der Waals surface area contributed by atoms with E-state index in [9.17, 15) is 32.3 Å². The number of ether oxygens (including phenoxy) is 1. The van der Waals surface area contributed by atoms with E-state index in [-0.39, 0.29) is 42.6 Å². The van der Waals surface area contributed by atoms with E-state index in [1.165, 1.54) is 12.1 Å². The van der Waals surface area contributed by atoms with E-state index in [4.69, 9.17) is 5.73 Å². The lowest BCUT2D eigenvalue weighted by atomic mass is 9.94.